The summed E-state index contributed by atoms with van der Waals surface area (Å²) in [6.45, 7) is 1.99. The second-order valence-electron chi connectivity index (χ2n) is 5.20. The van der Waals surface area contributed by atoms with Crippen LogP contribution in [0.5, 0.6) is 0 Å². The third-order valence-corrected chi connectivity index (χ3v) is 7.49. The zero-order valence-corrected chi connectivity index (χ0v) is 18.7. The molecule has 0 spiro atoms. The average molecular weight is 467 g/mol. The number of rotatable bonds is 10. The van der Waals surface area contributed by atoms with Crippen LogP contribution in [0.25, 0.3) is 0 Å². The molecule has 0 aliphatic rings. The van der Waals surface area contributed by atoms with Gasteiger partial charge in [0.05, 0.1) is 4.90 Å². The van der Waals surface area contributed by atoms with Crippen LogP contribution in [-0.2, 0) is 14.8 Å². The van der Waals surface area contributed by atoms with Crippen LogP contribution in [0.3, 0.4) is 0 Å². The Bertz CT molecular complexity index is 858. The summed E-state index contributed by atoms with van der Waals surface area (Å²) in [7, 11) is -3.86. The molecule has 1 heterocycles. The van der Waals surface area contributed by atoms with E-state index in [9.17, 15) is 13.2 Å². The summed E-state index contributed by atoms with van der Waals surface area (Å²) < 4.78 is 28.4. The molecule has 0 aliphatic heterocycles. The number of hydrogen-bond donors (Lipinski definition) is 2. The van der Waals surface area contributed by atoms with Crippen molar-refractivity contribution in [1.29, 1.82) is 0 Å². The number of nitrogens with zero attached hydrogens (tertiary/aromatic N) is 2. The summed E-state index contributed by atoms with van der Waals surface area (Å²) in [5, 5.41) is 11.3. The number of thioether (sulfide) groups is 2. The Balaban J connectivity index is 2.12. The Kier molecular flexibility index (Phi) is 8.83. The van der Waals surface area contributed by atoms with Gasteiger partial charge in [-0.1, -0.05) is 41.6 Å². The predicted octanol–water partition coefficient (Wildman–Crippen LogP) is 3.34. The molecule has 1 aromatic heterocycles. The zero-order valence-electron chi connectivity index (χ0n) is 14.6. The van der Waals surface area contributed by atoms with Gasteiger partial charge in [-0.2, -0.15) is 16.5 Å². The number of amides is 1. The highest BCUT2D eigenvalue weighted by Gasteiger charge is 2.26. The fourth-order valence-electron chi connectivity index (χ4n) is 1.98. The molecule has 12 heteroatoms. The van der Waals surface area contributed by atoms with Crippen molar-refractivity contribution in [3.05, 3.63) is 29.3 Å². The second kappa shape index (κ2) is 10.6. The molecule has 27 heavy (non-hydrogen) atoms. The maximum Gasteiger partial charge on any atom is 0.244 e. The highest BCUT2D eigenvalue weighted by molar-refractivity contribution is 8.01. The van der Waals surface area contributed by atoms with Crippen LogP contribution >= 0.6 is 46.5 Å². The monoisotopic (exact) mass is 466 g/mol. The molecule has 0 bridgehead atoms. The van der Waals surface area contributed by atoms with Crippen LogP contribution in [0.1, 0.15) is 13.3 Å². The van der Waals surface area contributed by atoms with Gasteiger partial charge in [-0.15, -0.1) is 10.2 Å². The lowest BCUT2D eigenvalue weighted by atomic mass is 10.2. The quantitative estimate of drug-likeness (QED) is 0.409. The first kappa shape index (κ1) is 22.4. The van der Waals surface area contributed by atoms with E-state index < -0.39 is 22.0 Å². The largest absolute Gasteiger partial charge is 0.299 e. The van der Waals surface area contributed by atoms with Crippen LogP contribution in [0.2, 0.25) is 5.02 Å². The Morgan fingerprint density at radius 1 is 1.30 bits per heavy atom. The Labute approximate surface area is 176 Å². The summed E-state index contributed by atoms with van der Waals surface area (Å²) in [6.07, 6.45) is 2.23. The summed E-state index contributed by atoms with van der Waals surface area (Å²) in [5.74, 6) is 1.000. The van der Waals surface area contributed by atoms with Crippen molar-refractivity contribution < 1.29 is 13.2 Å². The molecule has 148 valence electrons. The maximum atomic E-state index is 12.6. The first-order valence-electron chi connectivity index (χ1n) is 7.89. The molecule has 1 amide bonds. The van der Waals surface area contributed by atoms with Gasteiger partial charge < -0.3 is 0 Å². The van der Waals surface area contributed by atoms with Gasteiger partial charge in [0, 0.05) is 5.02 Å². The van der Waals surface area contributed by atoms with E-state index in [2.05, 4.69) is 20.2 Å². The molecule has 1 atom stereocenters. The first-order chi connectivity index (χ1) is 12.9. The molecular weight excluding hydrogens is 448 g/mol. The van der Waals surface area contributed by atoms with Crippen LogP contribution in [0, 0.1) is 0 Å². The van der Waals surface area contributed by atoms with E-state index >= 15 is 0 Å². The zero-order chi connectivity index (χ0) is 19.9. The SMILES string of the molecule is CCSc1nnc(NC(=O)[C@H](CCSC)NS(=O)(=O)c2ccc(Cl)cc2)s1. The molecule has 0 saturated carbocycles. The van der Waals surface area contributed by atoms with Crippen molar-refractivity contribution in [3.8, 4) is 0 Å². The topological polar surface area (TPSA) is 101 Å². The van der Waals surface area contributed by atoms with Gasteiger partial charge in [-0.05, 0) is 48.4 Å². The average Bonchev–Trinajstić information content (AvgIpc) is 3.06. The van der Waals surface area contributed by atoms with Crippen molar-refractivity contribution in [2.45, 2.75) is 28.6 Å². The van der Waals surface area contributed by atoms with Crippen molar-refractivity contribution in [1.82, 2.24) is 14.9 Å². The maximum absolute atomic E-state index is 12.6. The van der Waals surface area contributed by atoms with E-state index in [1.165, 1.54) is 59.1 Å². The molecular formula is C15H19ClN4O3S4. The molecule has 0 radical (unpaired) electrons. The number of hydrogen-bond acceptors (Lipinski definition) is 8. The Morgan fingerprint density at radius 2 is 2.00 bits per heavy atom. The molecule has 2 rings (SSSR count). The third-order valence-electron chi connectivity index (χ3n) is 3.25. The van der Waals surface area contributed by atoms with Crippen molar-refractivity contribution in [2.24, 2.45) is 0 Å². The fourth-order valence-corrected chi connectivity index (χ4v) is 5.46. The van der Waals surface area contributed by atoms with Gasteiger partial charge in [0.2, 0.25) is 21.1 Å². The lowest BCUT2D eigenvalue weighted by molar-refractivity contribution is -0.117. The second-order valence-corrected chi connectivity index (χ2v) is 10.8. The predicted molar refractivity (Wildman–Crippen MR) is 113 cm³/mol. The van der Waals surface area contributed by atoms with Gasteiger partial charge in [-0.25, -0.2) is 8.42 Å². The molecule has 7 nitrogen and oxygen atoms in total. The van der Waals surface area contributed by atoms with E-state index in [4.69, 9.17) is 11.6 Å². The van der Waals surface area contributed by atoms with Crippen LogP contribution in [-0.4, -0.2) is 48.3 Å². The van der Waals surface area contributed by atoms with Gasteiger partial charge in [-0.3, -0.25) is 10.1 Å². The normalized spacial score (nSPS) is 12.7. The number of aromatic nitrogens is 2. The Morgan fingerprint density at radius 3 is 2.63 bits per heavy atom. The van der Waals surface area contributed by atoms with Crippen LogP contribution in [0.4, 0.5) is 5.13 Å². The lowest BCUT2D eigenvalue weighted by Crippen LogP contribution is -2.44. The highest BCUT2D eigenvalue weighted by Crippen LogP contribution is 2.25. The van der Waals surface area contributed by atoms with E-state index in [1.807, 2.05) is 13.2 Å². The third kappa shape index (κ3) is 6.91. The summed E-state index contributed by atoms with van der Waals surface area (Å²) in [6, 6.07) is 4.84. The van der Waals surface area contributed by atoms with Gasteiger partial charge in [0.25, 0.3) is 0 Å². The lowest BCUT2D eigenvalue weighted by Gasteiger charge is -2.17. The van der Waals surface area contributed by atoms with E-state index in [1.54, 1.807) is 0 Å². The minimum absolute atomic E-state index is 0.0476. The van der Waals surface area contributed by atoms with Crippen molar-refractivity contribution in [3.63, 3.8) is 0 Å². The van der Waals surface area contributed by atoms with Gasteiger partial charge in [0.1, 0.15) is 6.04 Å². The minimum atomic E-state index is -3.86. The molecule has 1 aromatic carbocycles. The standard InChI is InChI=1S/C15H19ClN4O3S4/c1-3-25-15-19-18-14(26-15)17-13(21)12(8-9-24-2)20-27(22,23)11-6-4-10(16)5-7-11/h4-7,12,20H,3,8-9H2,1-2H3,(H,17,18,21)/t12-/m0/s1. The molecule has 0 fully saturated rings. The van der Waals surface area contributed by atoms with Crippen molar-refractivity contribution >= 4 is 67.5 Å². The summed E-state index contributed by atoms with van der Waals surface area (Å²) >= 11 is 10.1. The van der Waals surface area contributed by atoms with Gasteiger partial charge >= 0.3 is 0 Å². The minimum Gasteiger partial charge on any atom is -0.299 e. The summed E-state index contributed by atoms with van der Waals surface area (Å²) in [4.78, 5) is 12.7. The number of nitrogens with one attached hydrogen (secondary N) is 2. The van der Waals surface area contributed by atoms with E-state index in [-0.39, 0.29) is 4.90 Å². The number of benzene rings is 1. The number of carbonyl (C=O) groups is 1. The number of anilines is 1. The summed E-state index contributed by atoms with van der Waals surface area (Å²) in [5.41, 5.74) is 0. The highest BCUT2D eigenvalue weighted by atomic mass is 35.5. The first-order valence-corrected chi connectivity index (χ1v) is 13.0. The molecule has 0 unspecified atom stereocenters. The van der Waals surface area contributed by atoms with Crippen molar-refractivity contribution in [2.75, 3.05) is 23.1 Å². The molecule has 2 aromatic rings. The molecule has 2 N–H and O–H groups in total. The Hall–Kier alpha value is -0.850. The molecule has 0 aliphatic carbocycles. The molecule has 0 saturated heterocycles. The number of carbonyl (C=O) groups excluding carboxylic acids is 1. The number of halogens is 1. The van der Waals surface area contributed by atoms with E-state index in [0.29, 0.717) is 22.3 Å². The van der Waals surface area contributed by atoms with Gasteiger partial charge in [0.15, 0.2) is 4.34 Å². The smallest absolute Gasteiger partial charge is 0.244 e. The number of sulfonamides is 1. The fraction of sp³-hybridized carbons (Fsp3) is 0.400. The van der Waals surface area contributed by atoms with E-state index in [0.717, 1.165) is 10.1 Å². The van der Waals surface area contributed by atoms with Crippen LogP contribution < -0.4 is 10.0 Å². The van der Waals surface area contributed by atoms with Crippen LogP contribution in [0.15, 0.2) is 33.5 Å².